The zero-order chi connectivity index (χ0) is 17.4. The van der Waals surface area contributed by atoms with Gasteiger partial charge in [0.15, 0.2) is 0 Å². The number of rotatable bonds is 8. The van der Waals surface area contributed by atoms with E-state index >= 15 is 0 Å². The van der Waals surface area contributed by atoms with Crippen LogP contribution in [0.4, 0.5) is 0 Å². The average molecular weight is 395 g/mol. The second-order valence-electron chi connectivity index (χ2n) is 6.27. The van der Waals surface area contributed by atoms with Gasteiger partial charge in [-0.3, -0.25) is 4.79 Å². The number of hydrogen-bond donors (Lipinski definition) is 0. The number of amides is 1. The third-order valence-corrected chi connectivity index (χ3v) is 4.83. The van der Waals surface area contributed by atoms with Crippen molar-refractivity contribution in [3.8, 4) is 0 Å². The molecule has 1 aliphatic rings. The lowest BCUT2D eigenvalue weighted by molar-refractivity contribution is 0.00611. The van der Waals surface area contributed by atoms with Crippen LogP contribution >= 0.6 is 15.9 Å². The maximum atomic E-state index is 12.5. The Bertz CT molecular complexity index is 525. The van der Waals surface area contributed by atoms with Gasteiger partial charge in [0.25, 0.3) is 5.91 Å². The number of piperidine rings is 1. The fraction of sp³-hybridized carbons (Fsp3) is 0.526. The molecule has 0 saturated carbocycles. The molecule has 2 rings (SSSR count). The van der Waals surface area contributed by atoms with Gasteiger partial charge in [-0.2, -0.15) is 0 Å². The number of carbonyl (C=O) groups is 1. The number of likely N-dealkylation sites (N-methyl/N-ethyl adjacent to an activating group) is 1. The Hall–Kier alpha value is -1.17. The summed E-state index contributed by atoms with van der Waals surface area (Å²) in [6.45, 7) is 8.01. The molecule has 24 heavy (non-hydrogen) atoms. The van der Waals surface area contributed by atoms with Gasteiger partial charge >= 0.3 is 0 Å². The summed E-state index contributed by atoms with van der Waals surface area (Å²) in [5.41, 5.74) is 0.753. The van der Waals surface area contributed by atoms with Crippen LogP contribution < -0.4 is 0 Å². The van der Waals surface area contributed by atoms with Gasteiger partial charge in [-0.1, -0.05) is 22.0 Å². The van der Waals surface area contributed by atoms with E-state index in [1.54, 1.807) is 0 Å². The van der Waals surface area contributed by atoms with Gasteiger partial charge in [-0.05, 0) is 50.6 Å². The molecular formula is C19H27BrN2O2. The third-order valence-electron chi connectivity index (χ3n) is 4.30. The minimum atomic E-state index is 0.118. The molecule has 1 fully saturated rings. The van der Waals surface area contributed by atoms with Gasteiger partial charge in [0.05, 0.1) is 6.10 Å². The maximum Gasteiger partial charge on any atom is 0.253 e. The van der Waals surface area contributed by atoms with Crippen molar-refractivity contribution >= 4 is 21.8 Å². The van der Waals surface area contributed by atoms with Crippen LogP contribution in [-0.4, -0.2) is 61.6 Å². The van der Waals surface area contributed by atoms with Crippen molar-refractivity contribution < 1.29 is 9.53 Å². The predicted molar refractivity (Wildman–Crippen MR) is 101 cm³/mol. The van der Waals surface area contributed by atoms with E-state index in [1.807, 2.05) is 35.2 Å². The molecule has 4 nitrogen and oxygen atoms in total. The van der Waals surface area contributed by atoms with Crippen LogP contribution in [0.1, 0.15) is 29.6 Å². The highest BCUT2D eigenvalue weighted by Gasteiger charge is 2.23. The third kappa shape index (κ3) is 6.04. The second kappa shape index (κ2) is 9.97. The standard InChI is InChI=1S/C19H27BrN2O2/c1-3-11-21(2)12-4-15-24-18-9-13-22(14-10-18)19(23)16-5-7-17(20)8-6-16/h3,5-8,18H,1,4,9-15H2,2H3. The first-order chi connectivity index (χ1) is 11.6. The molecule has 0 atom stereocenters. The summed E-state index contributed by atoms with van der Waals surface area (Å²) in [5, 5.41) is 0. The van der Waals surface area contributed by atoms with Crippen LogP contribution in [-0.2, 0) is 4.74 Å². The van der Waals surface area contributed by atoms with E-state index in [0.29, 0.717) is 0 Å². The van der Waals surface area contributed by atoms with Gasteiger partial charge in [0, 0.05) is 42.8 Å². The van der Waals surface area contributed by atoms with E-state index in [0.717, 1.165) is 62.1 Å². The average Bonchev–Trinajstić information content (AvgIpc) is 2.60. The van der Waals surface area contributed by atoms with Gasteiger partial charge in [-0.25, -0.2) is 0 Å². The monoisotopic (exact) mass is 394 g/mol. The molecule has 1 saturated heterocycles. The van der Waals surface area contributed by atoms with E-state index in [2.05, 4.69) is 34.5 Å². The van der Waals surface area contributed by atoms with Crippen LogP contribution in [0, 0.1) is 0 Å². The molecule has 1 aliphatic heterocycles. The predicted octanol–water partition coefficient (Wildman–Crippen LogP) is 3.58. The summed E-state index contributed by atoms with van der Waals surface area (Å²) in [6.07, 6.45) is 5.07. The highest BCUT2D eigenvalue weighted by Crippen LogP contribution is 2.18. The highest BCUT2D eigenvalue weighted by molar-refractivity contribution is 9.10. The van der Waals surface area contributed by atoms with Gasteiger partial charge in [0.2, 0.25) is 0 Å². The molecule has 0 N–H and O–H groups in total. The van der Waals surface area contributed by atoms with Crippen molar-refractivity contribution in [3.63, 3.8) is 0 Å². The molecule has 0 bridgehead atoms. The topological polar surface area (TPSA) is 32.8 Å². The van der Waals surface area contributed by atoms with Gasteiger partial charge in [-0.15, -0.1) is 6.58 Å². The molecule has 0 aromatic heterocycles. The first-order valence-corrected chi connectivity index (χ1v) is 9.35. The van der Waals surface area contributed by atoms with E-state index < -0.39 is 0 Å². The molecule has 0 unspecified atom stereocenters. The lowest BCUT2D eigenvalue weighted by atomic mass is 10.1. The lowest BCUT2D eigenvalue weighted by Crippen LogP contribution is -2.41. The minimum absolute atomic E-state index is 0.118. The molecular weight excluding hydrogens is 368 g/mol. The Morgan fingerprint density at radius 2 is 2.04 bits per heavy atom. The first kappa shape index (κ1) is 19.2. The van der Waals surface area contributed by atoms with Crippen LogP contribution in [0.3, 0.4) is 0 Å². The van der Waals surface area contributed by atoms with Crippen molar-refractivity contribution in [2.24, 2.45) is 0 Å². The second-order valence-corrected chi connectivity index (χ2v) is 7.19. The van der Waals surface area contributed by atoms with E-state index in [4.69, 9.17) is 4.74 Å². The zero-order valence-corrected chi connectivity index (χ0v) is 16.0. The first-order valence-electron chi connectivity index (χ1n) is 8.56. The summed E-state index contributed by atoms with van der Waals surface area (Å²) in [5.74, 6) is 0.118. The molecule has 0 radical (unpaired) electrons. The summed E-state index contributed by atoms with van der Waals surface area (Å²) >= 11 is 3.40. The number of ether oxygens (including phenoxy) is 1. The Balaban J connectivity index is 1.67. The number of likely N-dealkylation sites (tertiary alicyclic amines) is 1. The fourth-order valence-corrected chi connectivity index (χ4v) is 3.16. The van der Waals surface area contributed by atoms with Crippen molar-refractivity contribution in [2.45, 2.75) is 25.4 Å². The number of hydrogen-bond acceptors (Lipinski definition) is 3. The quantitative estimate of drug-likeness (QED) is 0.498. The Morgan fingerprint density at radius 1 is 1.38 bits per heavy atom. The van der Waals surface area contributed by atoms with Crippen molar-refractivity contribution in [1.82, 2.24) is 9.80 Å². The van der Waals surface area contributed by atoms with Crippen molar-refractivity contribution in [1.29, 1.82) is 0 Å². The molecule has 0 aliphatic carbocycles. The molecule has 1 heterocycles. The Kier molecular flexibility index (Phi) is 7.95. The van der Waals surface area contributed by atoms with Crippen LogP contribution in [0.5, 0.6) is 0 Å². The molecule has 1 aromatic carbocycles. The van der Waals surface area contributed by atoms with E-state index in [-0.39, 0.29) is 12.0 Å². The highest BCUT2D eigenvalue weighted by atomic mass is 79.9. The summed E-state index contributed by atoms with van der Waals surface area (Å²) in [7, 11) is 2.09. The Labute approximate surface area is 153 Å². The number of carbonyl (C=O) groups excluding carboxylic acids is 1. The summed E-state index contributed by atoms with van der Waals surface area (Å²) in [4.78, 5) is 16.6. The number of benzene rings is 1. The smallest absolute Gasteiger partial charge is 0.253 e. The SMILES string of the molecule is C=CCN(C)CCCOC1CCN(C(=O)c2ccc(Br)cc2)CC1. The minimum Gasteiger partial charge on any atom is -0.378 e. The van der Waals surface area contributed by atoms with Crippen LogP contribution in [0.15, 0.2) is 41.4 Å². The van der Waals surface area contributed by atoms with Gasteiger partial charge < -0.3 is 14.5 Å². The number of halogens is 1. The van der Waals surface area contributed by atoms with E-state index in [9.17, 15) is 4.79 Å². The molecule has 5 heteroatoms. The normalized spacial score (nSPS) is 15.7. The van der Waals surface area contributed by atoms with Crippen LogP contribution in [0.2, 0.25) is 0 Å². The molecule has 1 amide bonds. The largest absolute Gasteiger partial charge is 0.378 e. The van der Waals surface area contributed by atoms with Crippen molar-refractivity contribution in [3.05, 3.63) is 47.0 Å². The molecule has 0 spiro atoms. The lowest BCUT2D eigenvalue weighted by Gasteiger charge is -2.32. The van der Waals surface area contributed by atoms with Crippen molar-refractivity contribution in [2.75, 3.05) is 39.8 Å². The fourth-order valence-electron chi connectivity index (χ4n) is 2.90. The van der Waals surface area contributed by atoms with Crippen LogP contribution in [0.25, 0.3) is 0 Å². The molecule has 132 valence electrons. The number of nitrogens with zero attached hydrogens (tertiary/aromatic N) is 2. The summed E-state index contributed by atoms with van der Waals surface area (Å²) in [6, 6.07) is 7.56. The zero-order valence-electron chi connectivity index (χ0n) is 14.4. The summed E-state index contributed by atoms with van der Waals surface area (Å²) < 4.78 is 6.95. The Morgan fingerprint density at radius 3 is 2.67 bits per heavy atom. The van der Waals surface area contributed by atoms with Gasteiger partial charge in [0.1, 0.15) is 0 Å². The maximum absolute atomic E-state index is 12.5. The molecule has 1 aromatic rings. The van der Waals surface area contributed by atoms with E-state index in [1.165, 1.54) is 0 Å².